The molecule has 0 saturated carbocycles. The highest BCUT2D eigenvalue weighted by molar-refractivity contribution is 6.99. The van der Waals surface area contributed by atoms with E-state index in [2.05, 4.69) is 19.4 Å². The number of benzene rings is 1. The van der Waals surface area contributed by atoms with Crippen molar-refractivity contribution in [1.82, 2.24) is 14.1 Å². The van der Waals surface area contributed by atoms with Crippen LogP contribution in [0.4, 0.5) is 10.6 Å². The average Bonchev–Trinajstić information content (AvgIpc) is 2.81. The number of anilines is 1. The predicted molar refractivity (Wildman–Crippen MR) is 62.2 cm³/mol. The number of amides is 2. The molecule has 1 aromatic carbocycles. The fourth-order valence-corrected chi connectivity index (χ4v) is 1.53. The lowest BCUT2D eigenvalue weighted by Crippen LogP contribution is -2.28. The van der Waals surface area contributed by atoms with Gasteiger partial charge in [0.05, 0.1) is 17.9 Å². The largest absolute Gasteiger partial charge is 0.334 e. The molecule has 2 amide bonds. The highest BCUT2D eigenvalue weighted by atomic mass is 32.1. The first kappa shape index (κ1) is 10.6. The molecule has 2 rings (SSSR count). The second-order valence-electron chi connectivity index (χ2n) is 3.09. The molecule has 0 unspecified atom stereocenters. The van der Waals surface area contributed by atoms with Crippen LogP contribution in [0.25, 0.3) is 0 Å². The fraction of sp³-hybridized carbons (Fsp3) is 0.100. The highest BCUT2D eigenvalue weighted by Crippen LogP contribution is 2.01. The van der Waals surface area contributed by atoms with Gasteiger partial charge in [-0.3, -0.25) is 5.32 Å². The zero-order valence-corrected chi connectivity index (χ0v) is 9.20. The molecule has 2 aromatic rings. The lowest BCUT2D eigenvalue weighted by molar-refractivity contribution is 0.251. The summed E-state index contributed by atoms with van der Waals surface area (Å²) >= 11 is 1.05. The van der Waals surface area contributed by atoms with Gasteiger partial charge < -0.3 is 5.32 Å². The number of aromatic nitrogens is 2. The fourth-order valence-electron chi connectivity index (χ4n) is 1.16. The summed E-state index contributed by atoms with van der Waals surface area (Å²) in [5, 5.41) is 5.30. The molecule has 16 heavy (non-hydrogen) atoms. The van der Waals surface area contributed by atoms with Crippen molar-refractivity contribution in [2.75, 3.05) is 5.32 Å². The normalized spacial score (nSPS) is 9.75. The van der Waals surface area contributed by atoms with Crippen LogP contribution in [0.1, 0.15) is 5.56 Å². The molecule has 6 heteroatoms. The lowest BCUT2D eigenvalue weighted by atomic mass is 10.2. The lowest BCUT2D eigenvalue weighted by Gasteiger charge is -2.04. The smallest absolute Gasteiger partial charge is 0.320 e. The Morgan fingerprint density at radius 2 is 2.12 bits per heavy atom. The highest BCUT2D eigenvalue weighted by Gasteiger charge is 2.02. The first-order chi connectivity index (χ1) is 7.84. The Labute approximate surface area is 96.8 Å². The molecule has 0 spiro atoms. The summed E-state index contributed by atoms with van der Waals surface area (Å²) < 4.78 is 7.65. The van der Waals surface area contributed by atoms with E-state index in [0.29, 0.717) is 12.4 Å². The van der Waals surface area contributed by atoms with Crippen molar-refractivity contribution in [3.8, 4) is 0 Å². The number of carbonyl (C=O) groups is 1. The van der Waals surface area contributed by atoms with Crippen molar-refractivity contribution < 1.29 is 4.79 Å². The standard InChI is InChI=1S/C10H10N4OS/c15-10(13-9-7-12-16-14-9)11-6-8-4-2-1-3-5-8/h1-5,7H,6H2,(H2,11,13,14,15). The maximum Gasteiger partial charge on any atom is 0.320 e. The van der Waals surface area contributed by atoms with E-state index in [1.54, 1.807) is 0 Å². The molecule has 5 nitrogen and oxygen atoms in total. The van der Waals surface area contributed by atoms with Gasteiger partial charge in [-0.15, -0.1) is 0 Å². The Bertz CT molecular complexity index is 443. The predicted octanol–water partition coefficient (Wildman–Crippen LogP) is 1.86. The Hall–Kier alpha value is -1.95. The summed E-state index contributed by atoms with van der Waals surface area (Å²) in [7, 11) is 0. The Balaban J connectivity index is 1.80. The molecule has 0 aliphatic rings. The van der Waals surface area contributed by atoms with E-state index in [4.69, 9.17) is 0 Å². The number of hydrogen-bond donors (Lipinski definition) is 2. The number of urea groups is 1. The van der Waals surface area contributed by atoms with Gasteiger partial charge in [-0.2, -0.15) is 8.75 Å². The second-order valence-corrected chi connectivity index (χ2v) is 3.64. The molecule has 0 aliphatic heterocycles. The van der Waals surface area contributed by atoms with Gasteiger partial charge in [-0.05, 0) is 5.56 Å². The van der Waals surface area contributed by atoms with E-state index in [1.165, 1.54) is 6.20 Å². The number of hydrogen-bond acceptors (Lipinski definition) is 4. The number of nitrogens with one attached hydrogen (secondary N) is 2. The number of carbonyl (C=O) groups excluding carboxylic acids is 1. The van der Waals surface area contributed by atoms with E-state index >= 15 is 0 Å². The van der Waals surface area contributed by atoms with Crippen LogP contribution in [0.5, 0.6) is 0 Å². The first-order valence-electron chi connectivity index (χ1n) is 4.71. The molecule has 0 radical (unpaired) electrons. The summed E-state index contributed by atoms with van der Waals surface area (Å²) in [6, 6.07) is 9.41. The summed E-state index contributed by atoms with van der Waals surface area (Å²) in [5.41, 5.74) is 1.05. The number of nitrogens with zero attached hydrogens (tertiary/aromatic N) is 2. The third-order valence-corrected chi connectivity index (χ3v) is 2.38. The van der Waals surface area contributed by atoms with E-state index < -0.39 is 0 Å². The van der Waals surface area contributed by atoms with Gasteiger partial charge >= 0.3 is 6.03 Å². The van der Waals surface area contributed by atoms with Crippen LogP contribution in [-0.2, 0) is 6.54 Å². The zero-order valence-electron chi connectivity index (χ0n) is 8.38. The Morgan fingerprint density at radius 1 is 1.31 bits per heavy atom. The van der Waals surface area contributed by atoms with Crippen molar-refractivity contribution in [3.05, 3.63) is 42.1 Å². The Kier molecular flexibility index (Phi) is 3.45. The van der Waals surface area contributed by atoms with Gasteiger partial charge in [-0.25, -0.2) is 4.79 Å². The minimum absolute atomic E-state index is 0.281. The number of rotatable bonds is 3. The molecule has 2 N–H and O–H groups in total. The molecule has 82 valence electrons. The molecular formula is C10H10N4OS. The van der Waals surface area contributed by atoms with Gasteiger partial charge in [0.25, 0.3) is 0 Å². The van der Waals surface area contributed by atoms with Gasteiger partial charge in [0.15, 0.2) is 5.82 Å². The van der Waals surface area contributed by atoms with Crippen LogP contribution in [-0.4, -0.2) is 14.8 Å². The van der Waals surface area contributed by atoms with Crippen molar-refractivity contribution in [1.29, 1.82) is 0 Å². The molecule has 0 atom stereocenters. The van der Waals surface area contributed by atoms with E-state index in [9.17, 15) is 4.79 Å². The van der Waals surface area contributed by atoms with Gasteiger partial charge in [0.2, 0.25) is 0 Å². The third-order valence-electron chi connectivity index (χ3n) is 1.90. The van der Waals surface area contributed by atoms with Crippen molar-refractivity contribution >= 4 is 23.6 Å². The molecule has 1 heterocycles. The SMILES string of the molecule is O=C(NCc1ccccc1)Nc1cnsn1. The molecule has 0 aliphatic carbocycles. The minimum Gasteiger partial charge on any atom is -0.334 e. The molecule has 0 saturated heterocycles. The quantitative estimate of drug-likeness (QED) is 0.851. The maximum atomic E-state index is 11.4. The first-order valence-corrected chi connectivity index (χ1v) is 5.44. The molecule has 1 aromatic heterocycles. The zero-order chi connectivity index (χ0) is 11.2. The summed E-state index contributed by atoms with van der Waals surface area (Å²) in [6.45, 7) is 0.490. The van der Waals surface area contributed by atoms with E-state index in [0.717, 1.165) is 17.3 Å². The van der Waals surface area contributed by atoms with E-state index in [-0.39, 0.29) is 6.03 Å². The molecule has 0 fully saturated rings. The van der Waals surface area contributed by atoms with Gasteiger partial charge in [-0.1, -0.05) is 30.3 Å². The van der Waals surface area contributed by atoms with Crippen molar-refractivity contribution in [2.45, 2.75) is 6.54 Å². The average molecular weight is 234 g/mol. The Morgan fingerprint density at radius 3 is 2.81 bits per heavy atom. The van der Waals surface area contributed by atoms with Crippen LogP contribution in [0.2, 0.25) is 0 Å². The monoisotopic (exact) mass is 234 g/mol. The van der Waals surface area contributed by atoms with Crippen LogP contribution >= 0.6 is 11.7 Å². The van der Waals surface area contributed by atoms with Gasteiger partial charge in [0, 0.05) is 6.54 Å². The second kappa shape index (κ2) is 5.22. The molecular weight excluding hydrogens is 224 g/mol. The van der Waals surface area contributed by atoms with Crippen LogP contribution in [0.3, 0.4) is 0 Å². The third kappa shape index (κ3) is 3.03. The van der Waals surface area contributed by atoms with Crippen LogP contribution < -0.4 is 10.6 Å². The van der Waals surface area contributed by atoms with Gasteiger partial charge in [0.1, 0.15) is 0 Å². The molecule has 0 bridgehead atoms. The topological polar surface area (TPSA) is 66.9 Å². The van der Waals surface area contributed by atoms with Crippen molar-refractivity contribution in [2.24, 2.45) is 0 Å². The summed E-state index contributed by atoms with van der Waals surface area (Å²) in [6.07, 6.45) is 1.51. The van der Waals surface area contributed by atoms with Crippen LogP contribution in [0, 0.1) is 0 Å². The summed E-state index contributed by atoms with van der Waals surface area (Å²) in [4.78, 5) is 11.4. The van der Waals surface area contributed by atoms with Crippen molar-refractivity contribution in [3.63, 3.8) is 0 Å². The minimum atomic E-state index is -0.281. The maximum absolute atomic E-state index is 11.4. The summed E-state index contributed by atoms with van der Waals surface area (Å²) in [5.74, 6) is 0.468. The van der Waals surface area contributed by atoms with Crippen LogP contribution in [0.15, 0.2) is 36.5 Å². The van der Waals surface area contributed by atoms with E-state index in [1.807, 2.05) is 30.3 Å².